The summed E-state index contributed by atoms with van der Waals surface area (Å²) >= 11 is 0. The monoisotopic (exact) mass is 327 g/mol. The molecule has 0 radical (unpaired) electrons. The third-order valence-corrected chi connectivity index (χ3v) is 5.29. The molecule has 4 nitrogen and oxygen atoms in total. The molecule has 5 heteroatoms. The Kier molecular flexibility index (Phi) is 3.68. The van der Waals surface area contributed by atoms with E-state index in [9.17, 15) is 9.18 Å². The standard InChI is InChI=1S/C19H22FN3O/c1-3-23(4-2)19(24)12-5-14-15-7-13(20)8-17-18(15)11(9-22-17)6-16(14)21-10-12/h5,7-9,12,16,21-22H,3-4,6,10H2,1-2H3. The number of H-pyrrole nitrogens is 1. The number of nitrogens with zero attached hydrogens (tertiary/aromatic N) is 1. The number of benzene rings is 1. The lowest BCUT2D eigenvalue weighted by atomic mass is 9.80. The average Bonchev–Trinajstić information content (AvgIpc) is 2.99. The van der Waals surface area contributed by atoms with Crippen LogP contribution in [0.5, 0.6) is 0 Å². The highest BCUT2D eigenvalue weighted by atomic mass is 19.1. The van der Waals surface area contributed by atoms with Crippen molar-refractivity contribution in [2.24, 2.45) is 5.92 Å². The molecule has 4 rings (SSSR count). The van der Waals surface area contributed by atoms with Crippen molar-refractivity contribution in [1.29, 1.82) is 0 Å². The van der Waals surface area contributed by atoms with Gasteiger partial charge >= 0.3 is 0 Å². The third kappa shape index (κ3) is 2.26. The largest absolute Gasteiger partial charge is 0.361 e. The van der Waals surface area contributed by atoms with Gasteiger partial charge in [-0.1, -0.05) is 6.08 Å². The number of nitrogens with one attached hydrogen (secondary N) is 2. The minimum absolute atomic E-state index is 0.144. The van der Waals surface area contributed by atoms with Gasteiger partial charge in [-0.05, 0) is 49.1 Å². The predicted molar refractivity (Wildman–Crippen MR) is 93.1 cm³/mol. The average molecular weight is 327 g/mol. The number of hydrogen-bond acceptors (Lipinski definition) is 2. The first-order valence-corrected chi connectivity index (χ1v) is 8.66. The van der Waals surface area contributed by atoms with Gasteiger partial charge in [0.2, 0.25) is 5.91 Å². The first-order valence-electron chi connectivity index (χ1n) is 8.66. The first kappa shape index (κ1) is 15.4. The Labute approximate surface area is 140 Å². The van der Waals surface area contributed by atoms with Crippen molar-refractivity contribution in [2.45, 2.75) is 26.3 Å². The summed E-state index contributed by atoms with van der Waals surface area (Å²) in [7, 11) is 0. The molecular weight excluding hydrogens is 305 g/mol. The molecule has 2 atom stereocenters. The lowest BCUT2D eigenvalue weighted by Gasteiger charge is -2.34. The lowest BCUT2D eigenvalue weighted by Crippen LogP contribution is -2.46. The third-order valence-electron chi connectivity index (χ3n) is 5.29. The van der Waals surface area contributed by atoms with E-state index < -0.39 is 0 Å². The van der Waals surface area contributed by atoms with Crippen LogP contribution < -0.4 is 5.32 Å². The van der Waals surface area contributed by atoms with E-state index in [-0.39, 0.29) is 23.7 Å². The minimum Gasteiger partial charge on any atom is -0.361 e. The number of aromatic nitrogens is 1. The molecule has 2 N–H and O–H groups in total. The molecule has 1 aromatic carbocycles. The van der Waals surface area contributed by atoms with Gasteiger partial charge in [-0.15, -0.1) is 0 Å². The summed E-state index contributed by atoms with van der Waals surface area (Å²) in [5, 5.41) is 4.59. The first-order chi connectivity index (χ1) is 11.6. The summed E-state index contributed by atoms with van der Waals surface area (Å²) in [5.41, 5.74) is 4.02. The van der Waals surface area contributed by atoms with Crippen LogP contribution in [-0.4, -0.2) is 41.5 Å². The number of carbonyl (C=O) groups excluding carboxylic acids is 1. The molecule has 1 aliphatic heterocycles. The van der Waals surface area contributed by atoms with Crippen molar-refractivity contribution in [2.75, 3.05) is 19.6 Å². The van der Waals surface area contributed by atoms with Crippen molar-refractivity contribution in [3.8, 4) is 0 Å². The molecule has 1 aliphatic carbocycles. The molecule has 1 amide bonds. The molecule has 0 saturated heterocycles. The maximum absolute atomic E-state index is 14.0. The zero-order valence-corrected chi connectivity index (χ0v) is 14.0. The predicted octanol–water partition coefficient (Wildman–Crippen LogP) is 2.70. The summed E-state index contributed by atoms with van der Waals surface area (Å²) in [5.74, 6) is -0.287. The smallest absolute Gasteiger partial charge is 0.230 e. The maximum Gasteiger partial charge on any atom is 0.230 e. The Bertz CT molecular complexity index is 834. The quantitative estimate of drug-likeness (QED) is 0.911. The second-order valence-corrected chi connectivity index (χ2v) is 6.59. The van der Waals surface area contributed by atoms with E-state index >= 15 is 0 Å². The summed E-state index contributed by atoms with van der Waals surface area (Å²) in [6, 6.07) is 3.29. The Balaban J connectivity index is 1.79. The van der Waals surface area contributed by atoms with E-state index in [0.29, 0.717) is 19.6 Å². The molecule has 0 saturated carbocycles. The molecule has 2 aliphatic rings. The van der Waals surface area contributed by atoms with Gasteiger partial charge in [0.1, 0.15) is 5.82 Å². The van der Waals surface area contributed by atoms with Gasteiger partial charge in [0.25, 0.3) is 0 Å². The Morgan fingerprint density at radius 1 is 1.33 bits per heavy atom. The highest BCUT2D eigenvalue weighted by molar-refractivity contribution is 5.99. The van der Waals surface area contributed by atoms with E-state index in [2.05, 4.69) is 16.4 Å². The molecule has 126 valence electrons. The Morgan fingerprint density at radius 3 is 2.88 bits per heavy atom. The van der Waals surface area contributed by atoms with Gasteiger partial charge in [-0.3, -0.25) is 4.79 Å². The van der Waals surface area contributed by atoms with Crippen LogP contribution in [-0.2, 0) is 11.2 Å². The van der Waals surface area contributed by atoms with Crippen molar-refractivity contribution >= 4 is 22.4 Å². The Hall–Kier alpha value is -2.14. The SMILES string of the molecule is CCN(CC)C(=O)C1C=C2c3cc(F)cc4[nH]cc(c34)CC2NC1. The zero-order valence-electron chi connectivity index (χ0n) is 14.0. The van der Waals surface area contributed by atoms with E-state index in [1.165, 1.54) is 11.6 Å². The van der Waals surface area contributed by atoms with Crippen LogP contribution >= 0.6 is 0 Å². The minimum atomic E-state index is -0.246. The van der Waals surface area contributed by atoms with E-state index in [1.807, 2.05) is 24.9 Å². The van der Waals surface area contributed by atoms with Crippen LogP contribution in [0.1, 0.15) is 25.0 Å². The fourth-order valence-corrected chi connectivity index (χ4v) is 4.07. The summed E-state index contributed by atoms with van der Waals surface area (Å²) in [6.45, 7) is 6.06. The topological polar surface area (TPSA) is 48.1 Å². The highest BCUT2D eigenvalue weighted by Gasteiger charge is 2.33. The number of fused-ring (bicyclic) bond motifs is 2. The second-order valence-electron chi connectivity index (χ2n) is 6.59. The number of amides is 1. The second kappa shape index (κ2) is 5.74. The van der Waals surface area contributed by atoms with Crippen LogP contribution in [0.4, 0.5) is 4.39 Å². The number of hydrogen-bond donors (Lipinski definition) is 2. The molecule has 0 spiro atoms. The molecule has 2 unspecified atom stereocenters. The van der Waals surface area contributed by atoms with E-state index in [1.54, 1.807) is 6.07 Å². The van der Waals surface area contributed by atoms with Gasteiger partial charge in [0.15, 0.2) is 0 Å². The van der Waals surface area contributed by atoms with Gasteiger partial charge < -0.3 is 15.2 Å². The number of halogens is 1. The Morgan fingerprint density at radius 2 is 2.12 bits per heavy atom. The van der Waals surface area contributed by atoms with E-state index in [0.717, 1.165) is 28.5 Å². The zero-order chi connectivity index (χ0) is 16.8. The van der Waals surface area contributed by atoms with Crippen LogP contribution in [0.15, 0.2) is 24.4 Å². The molecule has 2 aromatic rings. The van der Waals surface area contributed by atoms with Gasteiger partial charge in [0.05, 0.1) is 5.92 Å². The molecular formula is C19H22FN3O. The van der Waals surface area contributed by atoms with Crippen LogP contribution in [0.2, 0.25) is 0 Å². The van der Waals surface area contributed by atoms with Crippen molar-refractivity contribution in [3.63, 3.8) is 0 Å². The summed E-state index contributed by atoms with van der Waals surface area (Å²) < 4.78 is 14.0. The van der Waals surface area contributed by atoms with Crippen LogP contribution in [0.3, 0.4) is 0 Å². The van der Waals surface area contributed by atoms with Crippen molar-refractivity contribution in [1.82, 2.24) is 15.2 Å². The van der Waals surface area contributed by atoms with Crippen LogP contribution in [0, 0.1) is 11.7 Å². The molecule has 1 aromatic heterocycles. The number of carbonyl (C=O) groups is 1. The fourth-order valence-electron chi connectivity index (χ4n) is 4.07. The summed E-state index contributed by atoms with van der Waals surface area (Å²) in [4.78, 5) is 17.7. The summed E-state index contributed by atoms with van der Waals surface area (Å²) in [6.07, 6.45) is 4.90. The van der Waals surface area contributed by atoms with Gasteiger partial charge in [-0.25, -0.2) is 4.39 Å². The number of aromatic amines is 1. The fraction of sp³-hybridized carbons (Fsp3) is 0.421. The molecule has 0 bridgehead atoms. The molecule has 24 heavy (non-hydrogen) atoms. The normalized spacial score (nSPS) is 22.2. The van der Waals surface area contributed by atoms with Gasteiger partial charge in [-0.2, -0.15) is 0 Å². The van der Waals surface area contributed by atoms with Crippen molar-refractivity contribution < 1.29 is 9.18 Å². The van der Waals surface area contributed by atoms with E-state index in [4.69, 9.17) is 0 Å². The van der Waals surface area contributed by atoms with Gasteiger partial charge in [0, 0.05) is 42.8 Å². The molecule has 0 fully saturated rings. The van der Waals surface area contributed by atoms with Crippen LogP contribution in [0.25, 0.3) is 16.5 Å². The highest BCUT2D eigenvalue weighted by Crippen LogP contribution is 2.39. The maximum atomic E-state index is 14.0. The number of rotatable bonds is 3. The van der Waals surface area contributed by atoms with Crippen molar-refractivity contribution in [3.05, 3.63) is 41.3 Å². The molecule has 2 heterocycles. The lowest BCUT2D eigenvalue weighted by molar-refractivity contribution is -0.133.